The van der Waals surface area contributed by atoms with Gasteiger partial charge in [0.2, 0.25) is 0 Å². The molecule has 100 valence electrons. The normalized spacial score (nSPS) is 17.7. The van der Waals surface area contributed by atoms with Crippen molar-refractivity contribution in [2.45, 2.75) is 30.8 Å². The molecule has 1 heterocycles. The molecule has 2 N–H and O–H groups in total. The fourth-order valence-electron chi connectivity index (χ4n) is 1.88. The molecular weight excluding hydrogens is 258 g/mol. The van der Waals surface area contributed by atoms with Gasteiger partial charge in [-0.15, -0.1) is 0 Å². The number of nitrogens with one attached hydrogen (secondary N) is 1. The lowest BCUT2D eigenvalue weighted by atomic mass is 10.2. The van der Waals surface area contributed by atoms with E-state index in [1.807, 2.05) is 0 Å². The van der Waals surface area contributed by atoms with Crippen LogP contribution in [0.4, 0.5) is 0 Å². The van der Waals surface area contributed by atoms with E-state index in [1.54, 1.807) is 6.92 Å². The Bertz CT molecular complexity index is 574. The molecule has 1 aromatic rings. The van der Waals surface area contributed by atoms with Crippen LogP contribution >= 0.6 is 0 Å². The first-order chi connectivity index (χ1) is 8.33. The lowest BCUT2D eigenvalue weighted by molar-refractivity contribution is 0.0692. The first-order valence-electron chi connectivity index (χ1n) is 5.60. The summed E-state index contributed by atoms with van der Waals surface area (Å²) in [5.41, 5.74) is -0.312. The summed E-state index contributed by atoms with van der Waals surface area (Å²) in [6, 6.07) is -0.188. The topological polar surface area (TPSA) is 101 Å². The van der Waals surface area contributed by atoms with Crippen LogP contribution in [0.25, 0.3) is 0 Å². The van der Waals surface area contributed by atoms with Crippen molar-refractivity contribution in [2.75, 3.05) is 0 Å². The molecule has 1 aliphatic carbocycles. The van der Waals surface area contributed by atoms with Crippen LogP contribution in [0.1, 0.15) is 30.1 Å². The number of carbonyl (C=O) groups is 1. The zero-order valence-electron chi connectivity index (χ0n) is 10.1. The lowest BCUT2D eigenvalue weighted by Crippen LogP contribution is -2.35. The summed E-state index contributed by atoms with van der Waals surface area (Å²) >= 11 is 0. The first kappa shape index (κ1) is 13.0. The molecule has 1 saturated carbocycles. The van der Waals surface area contributed by atoms with Gasteiger partial charge in [0.05, 0.1) is 6.20 Å². The van der Waals surface area contributed by atoms with Gasteiger partial charge in [-0.3, -0.25) is 4.68 Å². The zero-order chi connectivity index (χ0) is 13.5. The van der Waals surface area contributed by atoms with Gasteiger partial charge in [-0.25, -0.2) is 17.9 Å². The molecule has 1 atom stereocenters. The number of aromatic nitrogens is 2. The van der Waals surface area contributed by atoms with Gasteiger partial charge < -0.3 is 5.11 Å². The number of aromatic carboxylic acids is 1. The Labute approximate surface area is 105 Å². The highest BCUT2D eigenvalue weighted by Crippen LogP contribution is 2.33. The van der Waals surface area contributed by atoms with Crippen LogP contribution in [-0.2, 0) is 17.1 Å². The van der Waals surface area contributed by atoms with E-state index in [1.165, 1.54) is 7.05 Å². The van der Waals surface area contributed by atoms with Crippen LogP contribution in [0, 0.1) is 5.92 Å². The monoisotopic (exact) mass is 273 g/mol. The lowest BCUT2D eigenvalue weighted by Gasteiger charge is -2.13. The third-order valence-electron chi connectivity index (χ3n) is 3.04. The molecule has 2 rings (SSSR count). The Morgan fingerprint density at radius 2 is 2.22 bits per heavy atom. The predicted octanol–water partition coefficient (Wildman–Crippen LogP) is 0.195. The van der Waals surface area contributed by atoms with Gasteiger partial charge in [0.15, 0.2) is 5.03 Å². The van der Waals surface area contributed by atoms with Crippen molar-refractivity contribution in [3.05, 3.63) is 11.8 Å². The van der Waals surface area contributed by atoms with Crippen molar-refractivity contribution in [3.8, 4) is 0 Å². The van der Waals surface area contributed by atoms with E-state index >= 15 is 0 Å². The average molecular weight is 273 g/mol. The van der Waals surface area contributed by atoms with E-state index in [4.69, 9.17) is 5.11 Å². The van der Waals surface area contributed by atoms with Gasteiger partial charge in [-0.2, -0.15) is 5.10 Å². The van der Waals surface area contributed by atoms with Crippen LogP contribution in [0.2, 0.25) is 0 Å². The van der Waals surface area contributed by atoms with Crippen LogP contribution in [0.15, 0.2) is 11.2 Å². The second-order valence-corrected chi connectivity index (χ2v) is 6.17. The van der Waals surface area contributed by atoms with Crippen LogP contribution in [-0.4, -0.2) is 35.3 Å². The summed E-state index contributed by atoms with van der Waals surface area (Å²) in [4.78, 5) is 11.0. The summed E-state index contributed by atoms with van der Waals surface area (Å²) in [6.07, 6.45) is 3.04. The highest BCUT2D eigenvalue weighted by molar-refractivity contribution is 7.89. The van der Waals surface area contributed by atoms with E-state index in [9.17, 15) is 13.2 Å². The Morgan fingerprint density at radius 1 is 1.61 bits per heavy atom. The maximum absolute atomic E-state index is 12.1. The molecule has 1 unspecified atom stereocenters. The third-order valence-corrected chi connectivity index (χ3v) is 4.71. The zero-order valence-corrected chi connectivity index (χ0v) is 10.9. The number of carboxylic acids is 1. The number of rotatable bonds is 5. The number of hydrogen-bond donors (Lipinski definition) is 2. The molecule has 1 aromatic heterocycles. The van der Waals surface area contributed by atoms with Crippen LogP contribution in [0.5, 0.6) is 0 Å². The first-order valence-corrected chi connectivity index (χ1v) is 7.09. The maximum atomic E-state index is 12.1. The van der Waals surface area contributed by atoms with Gasteiger partial charge in [0, 0.05) is 13.1 Å². The summed E-state index contributed by atoms with van der Waals surface area (Å²) in [6.45, 7) is 1.78. The third kappa shape index (κ3) is 2.39. The molecule has 0 saturated heterocycles. The van der Waals surface area contributed by atoms with Crippen molar-refractivity contribution in [1.82, 2.24) is 14.5 Å². The summed E-state index contributed by atoms with van der Waals surface area (Å²) in [7, 11) is -2.45. The molecule has 8 heteroatoms. The van der Waals surface area contributed by atoms with Gasteiger partial charge in [-0.1, -0.05) is 0 Å². The Morgan fingerprint density at radius 3 is 2.72 bits per heavy atom. The van der Waals surface area contributed by atoms with Crippen molar-refractivity contribution >= 4 is 16.0 Å². The molecule has 1 fully saturated rings. The van der Waals surface area contributed by atoms with Crippen molar-refractivity contribution in [3.63, 3.8) is 0 Å². The highest BCUT2D eigenvalue weighted by atomic mass is 32.2. The molecule has 0 radical (unpaired) electrons. The largest absolute Gasteiger partial charge is 0.478 e. The summed E-state index contributed by atoms with van der Waals surface area (Å²) in [5, 5.41) is 12.3. The maximum Gasteiger partial charge on any atom is 0.340 e. The molecule has 0 bridgehead atoms. The van der Waals surface area contributed by atoms with Crippen molar-refractivity contribution in [2.24, 2.45) is 13.0 Å². The quantitative estimate of drug-likeness (QED) is 0.797. The van der Waals surface area contributed by atoms with E-state index < -0.39 is 16.0 Å². The standard InChI is InChI=1S/C10H15N3O4S/c1-6(7-3-4-7)12-18(16,17)9-8(10(14)15)5-11-13(9)2/h5-7,12H,3-4H2,1-2H3,(H,14,15). The number of hydrogen-bond acceptors (Lipinski definition) is 4. The van der Waals surface area contributed by atoms with E-state index in [0.29, 0.717) is 5.92 Å². The summed E-state index contributed by atoms with van der Waals surface area (Å²) < 4.78 is 27.9. The van der Waals surface area contributed by atoms with E-state index in [2.05, 4.69) is 9.82 Å². The highest BCUT2D eigenvalue weighted by Gasteiger charge is 2.34. The SMILES string of the molecule is CC(NS(=O)(=O)c1c(C(=O)O)cnn1C)C1CC1. The molecule has 0 aliphatic heterocycles. The number of sulfonamides is 1. The summed E-state index contributed by atoms with van der Waals surface area (Å²) in [5.74, 6) is -0.955. The molecule has 0 spiro atoms. The minimum absolute atomic E-state index is 0.188. The fraction of sp³-hybridized carbons (Fsp3) is 0.600. The minimum Gasteiger partial charge on any atom is -0.478 e. The van der Waals surface area contributed by atoms with Crippen molar-refractivity contribution in [1.29, 1.82) is 0 Å². The fourth-order valence-corrected chi connectivity index (χ4v) is 3.50. The second-order valence-electron chi connectivity index (χ2n) is 4.54. The molecule has 1 aliphatic rings. The number of nitrogens with zero attached hydrogens (tertiary/aromatic N) is 2. The molecule has 7 nitrogen and oxygen atoms in total. The molecular formula is C10H15N3O4S. The van der Waals surface area contributed by atoms with E-state index in [-0.39, 0.29) is 16.6 Å². The average Bonchev–Trinajstić information content (AvgIpc) is 3.00. The predicted molar refractivity (Wildman–Crippen MR) is 62.7 cm³/mol. The van der Waals surface area contributed by atoms with Gasteiger partial charge in [-0.05, 0) is 25.7 Å². The van der Waals surface area contributed by atoms with Crippen LogP contribution in [0.3, 0.4) is 0 Å². The number of carboxylic acid groups (broad SMARTS) is 1. The smallest absolute Gasteiger partial charge is 0.340 e. The van der Waals surface area contributed by atoms with E-state index in [0.717, 1.165) is 23.7 Å². The minimum atomic E-state index is -3.86. The Kier molecular flexibility index (Phi) is 3.16. The Hall–Kier alpha value is -1.41. The van der Waals surface area contributed by atoms with Crippen LogP contribution < -0.4 is 4.72 Å². The molecule has 0 amide bonds. The molecule has 18 heavy (non-hydrogen) atoms. The van der Waals surface area contributed by atoms with Gasteiger partial charge >= 0.3 is 5.97 Å². The Balaban J connectivity index is 2.34. The number of aryl methyl sites for hydroxylation is 1. The van der Waals surface area contributed by atoms with Gasteiger partial charge in [0.25, 0.3) is 10.0 Å². The molecule has 0 aromatic carbocycles. The van der Waals surface area contributed by atoms with Gasteiger partial charge in [0.1, 0.15) is 5.56 Å². The second kappa shape index (κ2) is 4.36. The van der Waals surface area contributed by atoms with Crippen molar-refractivity contribution < 1.29 is 18.3 Å².